The van der Waals surface area contributed by atoms with Crippen molar-refractivity contribution in [3.05, 3.63) is 0 Å². The molecule has 0 aliphatic heterocycles. The number of hydrogen-bond acceptors (Lipinski definition) is 6. The van der Waals surface area contributed by atoms with Crippen LogP contribution in [0.4, 0.5) is 0 Å². The third kappa shape index (κ3) is 12.0. The van der Waals surface area contributed by atoms with Crippen molar-refractivity contribution in [3.8, 4) is 0 Å². The maximum absolute atomic E-state index is 9.26. The van der Waals surface area contributed by atoms with E-state index in [-0.39, 0.29) is 13.2 Å². The van der Waals surface area contributed by atoms with Crippen LogP contribution in [0.25, 0.3) is 0 Å². The van der Waals surface area contributed by atoms with E-state index in [9.17, 15) is 5.11 Å². The van der Waals surface area contributed by atoms with Crippen LogP contribution in [0.5, 0.6) is 0 Å². The average Bonchev–Trinajstić information content (AvgIpc) is 2.32. The van der Waals surface area contributed by atoms with E-state index in [1.807, 2.05) is 0 Å². The first-order valence-electron chi connectivity index (χ1n) is 5.91. The fraction of sp³-hybridized carbons (Fsp3) is 1.00. The van der Waals surface area contributed by atoms with Gasteiger partial charge >= 0.3 is 0 Å². The van der Waals surface area contributed by atoms with Gasteiger partial charge in [-0.1, -0.05) is 0 Å². The summed E-state index contributed by atoms with van der Waals surface area (Å²) in [6, 6.07) is 0. The zero-order valence-electron chi connectivity index (χ0n) is 10.5. The molecule has 4 N–H and O–H groups in total. The number of aliphatic hydroxyl groups is 2. The molecule has 0 aliphatic rings. The molecule has 2 atom stereocenters. The summed E-state index contributed by atoms with van der Waals surface area (Å²) in [4.78, 5) is 0. The monoisotopic (exact) mass is 251 g/mol. The SMILES string of the molecule is COCC(O)COCCCCOCC(O)CN. The van der Waals surface area contributed by atoms with E-state index in [0.717, 1.165) is 12.8 Å². The Kier molecular flexibility index (Phi) is 12.1. The van der Waals surface area contributed by atoms with Crippen LogP contribution in [0.2, 0.25) is 0 Å². The van der Waals surface area contributed by atoms with E-state index in [1.54, 1.807) is 0 Å². The molecule has 0 fully saturated rings. The van der Waals surface area contributed by atoms with Gasteiger partial charge in [-0.2, -0.15) is 0 Å². The Balaban J connectivity index is 3.08. The molecule has 0 radical (unpaired) electrons. The molecule has 0 saturated heterocycles. The number of aliphatic hydroxyl groups excluding tert-OH is 2. The molecule has 0 aliphatic carbocycles. The molecule has 104 valence electrons. The largest absolute Gasteiger partial charge is 0.389 e. The molecule has 6 nitrogen and oxygen atoms in total. The van der Waals surface area contributed by atoms with E-state index < -0.39 is 12.2 Å². The van der Waals surface area contributed by atoms with Gasteiger partial charge in [-0.15, -0.1) is 0 Å². The Labute approximate surface area is 103 Å². The molecule has 0 heterocycles. The first kappa shape index (κ1) is 16.8. The molecule has 0 amide bonds. The Hall–Kier alpha value is -0.240. The molecular weight excluding hydrogens is 226 g/mol. The van der Waals surface area contributed by atoms with Crippen molar-refractivity contribution in [3.63, 3.8) is 0 Å². The van der Waals surface area contributed by atoms with E-state index in [4.69, 9.17) is 25.1 Å². The number of ether oxygens (including phenoxy) is 3. The van der Waals surface area contributed by atoms with Gasteiger partial charge in [0.15, 0.2) is 0 Å². The van der Waals surface area contributed by atoms with Gasteiger partial charge in [0.25, 0.3) is 0 Å². The van der Waals surface area contributed by atoms with Gasteiger partial charge in [0.1, 0.15) is 6.10 Å². The van der Waals surface area contributed by atoms with Crippen LogP contribution in [0.3, 0.4) is 0 Å². The lowest BCUT2D eigenvalue weighted by Gasteiger charge is -2.10. The van der Waals surface area contributed by atoms with Crippen molar-refractivity contribution in [1.82, 2.24) is 0 Å². The Morgan fingerprint density at radius 2 is 1.47 bits per heavy atom. The van der Waals surface area contributed by atoms with Crippen LogP contribution < -0.4 is 5.73 Å². The van der Waals surface area contributed by atoms with E-state index >= 15 is 0 Å². The van der Waals surface area contributed by atoms with Crippen LogP contribution in [-0.4, -0.2) is 69.1 Å². The summed E-state index contributed by atoms with van der Waals surface area (Å²) in [7, 11) is 1.54. The van der Waals surface area contributed by atoms with Crippen LogP contribution in [0, 0.1) is 0 Å². The lowest BCUT2D eigenvalue weighted by Crippen LogP contribution is -2.25. The zero-order chi connectivity index (χ0) is 12.9. The van der Waals surface area contributed by atoms with Crippen LogP contribution in [0.15, 0.2) is 0 Å². The molecule has 0 bridgehead atoms. The van der Waals surface area contributed by atoms with Gasteiger partial charge in [-0.3, -0.25) is 0 Å². The molecule has 0 aromatic heterocycles. The van der Waals surface area contributed by atoms with Gasteiger partial charge in [0.05, 0.1) is 25.9 Å². The van der Waals surface area contributed by atoms with Gasteiger partial charge in [-0.05, 0) is 12.8 Å². The van der Waals surface area contributed by atoms with Crippen LogP contribution >= 0.6 is 0 Å². The molecule has 0 aromatic rings. The van der Waals surface area contributed by atoms with Crippen molar-refractivity contribution in [2.45, 2.75) is 25.0 Å². The highest BCUT2D eigenvalue weighted by Crippen LogP contribution is 1.94. The third-order valence-corrected chi connectivity index (χ3v) is 2.08. The first-order valence-corrected chi connectivity index (χ1v) is 5.91. The molecular formula is C11H25NO5. The highest BCUT2D eigenvalue weighted by molar-refractivity contribution is 4.53. The Morgan fingerprint density at radius 3 is 1.94 bits per heavy atom. The predicted molar refractivity (Wildman–Crippen MR) is 63.8 cm³/mol. The van der Waals surface area contributed by atoms with Gasteiger partial charge in [0.2, 0.25) is 0 Å². The van der Waals surface area contributed by atoms with Crippen molar-refractivity contribution in [2.24, 2.45) is 5.73 Å². The standard InChI is InChI=1S/C11H25NO5/c1-15-7-11(14)9-17-5-3-2-4-16-8-10(13)6-12/h10-11,13-14H,2-9,12H2,1H3. The Morgan fingerprint density at radius 1 is 0.941 bits per heavy atom. The minimum absolute atomic E-state index is 0.223. The number of nitrogens with two attached hydrogens (primary N) is 1. The van der Waals surface area contributed by atoms with Gasteiger partial charge < -0.3 is 30.2 Å². The van der Waals surface area contributed by atoms with Crippen LogP contribution in [-0.2, 0) is 14.2 Å². The predicted octanol–water partition coefficient (Wildman–Crippen LogP) is -0.873. The molecule has 0 rings (SSSR count). The lowest BCUT2D eigenvalue weighted by molar-refractivity contribution is -0.00912. The van der Waals surface area contributed by atoms with Crippen LogP contribution in [0.1, 0.15) is 12.8 Å². The van der Waals surface area contributed by atoms with Crippen molar-refractivity contribution in [1.29, 1.82) is 0 Å². The second-order valence-corrected chi connectivity index (χ2v) is 3.86. The topological polar surface area (TPSA) is 94.2 Å². The molecule has 0 saturated carbocycles. The number of unbranched alkanes of at least 4 members (excludes halogenated alkanes) is 1. The summed E-state index contributed by atoms with van der Waals surface area (Å²) in [5.74, 6) is 0. The average molecular weight is 251 g/mol. The summed E-state index contributed by atoms with van der Waals surface area (Å²) in [6.07, 6.45) is 0.585. The quantitative estimate of drug-likeness (QED) is 0.390. The fourth-order valence-corrected chi connectivity index (χ4v) is 1.16. The highest BCUT2D eigenvalue weighted by Gasteiger charge is 2.03. The van der Waals surface area contributed by atoms with E-state index in [1.165, 1.54) is 7.11 Å². The second-order valence-electron chi connectivity index (χ2n) is 3.86. The number of methoxy groups -OCH3 is 1. The summed E-state index contributed by atoms with van der Waals surface area (Å²) in [5, 5.41) is 18.4. The smallest absolute Gasteiger partial charge is 0.101 e. The Bertz CT molecular complexity index is 159. The summed E-state index contributed by atoms with van der Waals surface area (Å²) in [6.45, 7) is 2.26. The van der Waals surface area contributed by atoms with Crippen molar-refractivity contribution < 1.29 is 24.4 Å². The lowest BCUT2D eigenvalue weighted by atomic mass is 10.3. The van der Waals surface area contributed by atoms with Crippen molar-refractivity contribution >= 4 is 0 Å². The number of hydrogen-bond donors (Lipinski definition) is 3. The maximum atomic E-state index is 9.26. The molecule has 0 aromatic carbocycles. The third-order valence-electron chi connectivity index (χ3n) is 2.08. The summed E-state index contributed by atoms with van der Waals surface area (Å²) >= 11 is 0. The summed E-state index contributed by atoms with van der Waals surface area (Å²) < 4.78 is 15.2. The van der Waals surface area contributed by atoms with Gasteiger partial charge in [0, 0.05) is 26.9 Å². The van der Waals surface area contributed by atoms with Crippen molar-refractivity contribution in [2.75, 3.05) is 46.7 Å². The maximum Gasteiger partial charge on any atom is 0.101 e. The highest BCUT2D eigenvalue weighted by atomic mass is 16.5. The first-order chi connectivity index (χ1) is 8.20. The normalized spacial score (nSPS) is 14.8. The summed E-state index contributed by atoms with van der Waals surface area (Å²) in [5.41, 5.74) is 5.22. The minimum atomic E-state index is -0.574. The fourth-order valence-electron chi connectivity index (χ4n) is 1.16. The molecule has 6 heteroatoms. The van der Waals surface area contributed by atoms with E-state index in [0.29, 0.717) is 26.4 Å². The van der Waals surface area contributed by atoms with E-state index in [2.05, 4.69) is 0 Å². The molecule has 0 spiro atoms. The minimum Gasteiger partial charge on any atom is -0.389 e. The molecule has 2 unspecified atom stereocenters. The zero-order valence-corrected chi connectivity index (χ0v) is 10.5. The molecule has 17 heavy (non-hydrogen) atoms. The van der Waals surface area contributed by atoms with Gasteiger partial charge in [-0.25, -0.2) is 0 Å². The second kappa shape index (κ2) is 12.2. The number of rotatable bonds is 12.